The zero-order chi connectivity index (χ0) is 15.7. The highest BCUT2D eigenvalue weighted by molar-refractivity contribution is 6.34. The number of fused-ring (bicyclic) bond motifs is 1. The van der Waals surface area contributed by atoms with E-state index in [9.17, 15) is 9.59 Å². The van der Waals surface area contributed by atoms with Crippen molar-refractivity contribution in [1.29, 1.82) is 0 Å². The molecule has 0 radical (unpaired) electrons. The number of benzene rings is 2. The molecule has 3 rings (SSSR count). The van der Waals surface area contributed by atoms with Crippen LogP contribution in [0.1, 0.15) is 10.4 Å². The molecule has 0 spiro atoms. The van der Waals surface area contributed by atoms with E-state index in [2.05, 4.69) is 0 Å². The van der Waals surface area contributed by atoms with Crippen LogP contribution in [0.4, 0.5) is 0 Å². The Kier molecular flexibility index (Phi) is 3.66. The molecule has 3 aromatic rings. The van der Waals surface area contributed by atoms with Crippen molar-refractivity contribution in [2.45, 2.75) is 0 Å². The van der Waals surface area contributed by atoms with Crippen molar-refractivity contribution in [1.82, 2.24) is 5.43 Å². The third kappa shape index (κ3) is 2.47. The summed E-state index contributed by atoms with van der Waals surface area (Å²) in [4.78, 5) is 23.8. The van der Waals surface area contributed by atoms with Crippen LogP contribution in [0.5, 0.6) is 0 Å². The Labute approximate surface area is 130 Å². The second kappa shape index (κ2) is 5.63. The van der Waals surface area contributed by atoms with Gasteiger partial charge in [-0.2, -0.15) is 0 Å². The summed E-state index contributed by atoms with van der Waals surface area (Å²) in [6, 6.07) is 13.6. The van der Waals surface area contributed by atoms with Crippen LogP contribution in [-0.4, -0.2) is 5.91 Å². The predicted molar refractivity (Wildman–Crippen MR) is 84.6 cm³/mol. The lowest BCUT2D eigenvalue weighted by Gasteiger charge is -2.07. The number of hydrogen-bond acceptors (Lipinski definition) is 4. The van der Waals surface area contributed by atoms with E-state index in [1.165, 1.54) is 12.1 Å². The summed E-state index contributed by atoms with van der Waals surface area (Å²) in [5.74, 6) is 4.60. The van der Waals surface area contributed by atoms with Crippen molar-refractivity contribution in [3.05, 3.63) is 69.5 Å². The number of nitrogen functional groups attached to an aromatic ring is 1. The van der Waals surface area contributed by atoms with Crippen LogP contribution in [0.25, 0.3) is 22.1 Å². The quantitative estimate of drug-likeness (QED) is 0.329. The van der Waals surface area contributed by atoms with Gasteiger partial charge < -0.3 is 4.42 Å². The number of hydrogen-bond donors (Lipinski definition) is 2. The van der Waals surface area contributed by atoms with Gasteiger partial charge in [0.25, 0.3) is 5.91 Å². The number of para-hydroxylation sites is 1. The minimum Gasteiger partial charge on any atom is -0.422 e. The van der Waals surface area contributed by atoms with Crippen LogP contribution < -0.4 is 16.9 Å². The van der Waals surface area contributed by atoms with Crippen molar-refractivity contribution in [3.8, 4) is 11.1 Å². The highest BCUT2D eigenvalue weighted by Gasteiger charge is 2.13. The molecule has 0 atom stereocenters. The van der Waals surface area contributed by atoms with Crippen LogP contribution in [-0.2, 0) is 0 Å². The Hall–Kier alpha value is -2.63. The zero-order valence-corrected chi connectivity index (χ0v) is 12.1. The number of halogens is 1. The molecule has 0 aliphatic carbocycles. The average Bonchev–Trinajstić information content (AvgIpc) is 2.54. The van der Waals surface area contributed by atoms with Crippen LogP contribution in [0, 0.1) is 0 Å². The molecule has 0 aliphatic heterocycles. The smallest absolute Gasteiger partial charge is 0.344 e. The van der Waals surface area contributed by atoms with Crippen LogP contribution in [0.3, 0.4) is 0 Å². The molecule has 0 aliphatic rings. The predicted octanol–water partition coefficient (Wildman–Crippen LogP) is 2.72. The molecule has 5 nitrogen and oxygen atoms in total. The first-order valence-electron chi connectivity index (χ1n) is 6.44. The first kappa shape index (κ1) is 14.3. The fourth-order valence-corrected chi connectivity index (χ4v) is 2.41. The van der Waals surface area contributed by atoms with E-state index in [1.54, 1.807) is 24.3 Å². The van der Waals surface area contributed by atoms with Gasteiger partial charge in [0, 0.05) is 5.39 Å². The molecular formula is C16H11ClN2O3. The number of hydrazine groups is 1. The molecule has 1 amide bonds. The monoisotopic (exact) mass is 314 g/mol. The first-order valence-corrected chi connectivity index (χ1v) is 6.81. The van der Waals surface area contributed by atoms with Gasteiger partial charge in [0.15, 0.2) is 0 Å². The summed E-state index contributed by atoms with van der Waals surface area (Å²) < 4.78 is 5.29. The minimum absolute atomic E-state index is 0.189. The molecular weight excluding hydrogens is 304 g/mol. The number of nitrogens with one attached hydrogen (secondary N) is 1. The number of carbonyl (C=O) groups is 1. The van der Waals surface area contributed by atoms with E-state index in [-0.39, 0.29) is 10.6 Å². The summed E-state index contributed by atoms with van der Waals surface area (Å²) in [5, 5.41) is 1.04. The molecule has 2 aromatic carbocycles. The molecule has 1 aromatic heterocycles. The molecule has 110 valence electrons. The fourth-order valence-electron chi connectivity index (χ4n) is 2.21. The van der Waals surface area contributed by atoms with Crippen molar-refractivity contribution < 1.29 is 9.21 Å². The summed E-state index contributed by atoms with van der Waals surface area (Å²) in [7, 11) is 0. The SMILES string of the molecule is NNC(=O)c1cc(-c2cc3ccccc3oc2=O)ccc1Cl. The molecule has 1 heterocycles. The highest BCUT2D eigenvalue weighted by Crippen LogP contribution is 2.25. The van der Waals surface area contributed by atoms with Gasteiger partial charge in [0.1, 0.15) is 5.58 Å². The molecule has 6 heteroatoms. The topological polar surface area (TPSA) is 85.3 Å². The molecule has 0 fully saturated rings. The molecule has 0 saturated heterocycles. The molecule has 3 N–H and O–H groups in total. The molecule has 22 heavy (non-hydrogen) atoms. The summed E-state index contributed by atoms with van der Waals surface area (Å²) >= 11 is 5.97. The maximum absolute atomic E-state index is 12.1. The number of nitrogens with two attached hydrogens (primary N) is 1. The molecule has 0 unspecified atom stereocenters. The zero-order valence-electron chi connectivity index (χ0n) is 11.3. The number of rotatable bonds is 2. The van der Waals surface area contributed by atoms with E-state index in [0.29, 0.717) is 16.7 Å². The first-order chi connectivity index (χ1) is 10.6. The van der Waals surface area contributed by atoms with E-state index in [1.807, 2.05) is 17.6 Å². The lowest BCUT2D eigenvalue weighted by molar-refractivity contribution is 0.0954. The van der Waals surface area contributed by atoms with Crippen molar-refractivity contribution in [2.24, 2.45) is 5.84 Å². The van der Waals surface area contributed by atoms with Gasteiger partial charge in [0.05, 0.1) is 16.1 Å². The molecule has 0 saturated carbocycles. The van der Waals surface area contributed by atoms with Crippen molar-refractivity contribution in [2.75, 3.05) is 0 Å². The van der Waals surface area contributed by atoms with E-state index in [0.717, 1.165) is 5.39 Å². The largest absolute Gasteiger partial charge is 0.422 e. The lowest BCUT2D eigenvalue weighted by Crippen LogP contribution is -2.30. The van der Waals surface area contributed by atoms with Crippen LogP contribution in [0.2, 0.25) is 5.02 Å². The van der Waals surface area contributed by atoms with Crippen molar-refractivity contribution in [3.63, 3.8) is 0 Å². The Morgan fingerprint density at radius 3 is 2.68 bits per heavy atom. The average molecular weight is 315 g/mol. The van der Waals surface area contributed by atoms with E-state index >= 15 is 0 Å². The Morgan fingerprint density at radius 1 is 1.14 bits per heavy atom. The maximum atomic E-state index is 12.1. The second-order valence-electron chi connectivity index (χ2n) is 4.65. The maximum Gasteiger partial charge on any atom is 0.344 e. The lowest BCUT2D eigenvalue weighted by atomic mass is 10.0. The molecule has 0 bridgehead atoms. The number of amides is 1. The number of carbonyl (C=O) groups excluding carboxylic acids is 1. The summed E-state index contributed by atoms with van der Waals surface area (Å²) in [5.41, 5.74) is 3.11. The van der Waals surface area contributed by atoms with Crippen LogP contribution in [0.15, 0.2) is 57.7 Å². The van der Waals surface area contributed by atoms with Gasteiger partial charge in [-0.05, 0) is 29.8 Å². The summed E-state index contributed by atoms with van der Waals surface area (Å²) in [6.07, 6.45) is 0. The van der Waals surface area contributed by atoms with Crippen LogP contribution >= 0.6 is 11.6 Å². The fraction of sp³-hybridized carbons (Fsp3) is 0. The van der Waals surface area contributed by atoms with Gasteiger partial charge >= 0.3 is 5.63 Å². The second-order valence-corrected chi connectivity index (χ2v) is 5.06. The third-order valence-electron chi connectivity index (χ3n) is 3.29. The van der Waals surface area contributed by atoms with Gasteiger partial charge in [-0.25, -0.2) is 10.6 Å². The Balaban J connectivity index is 2.21. The Bertz CT molecular complexity index is 934. The van der Waals surface area contributed by atoms with Crippen molar-refractivity contribution >= 4 is 28.5 Å². The van der Waals surface area contributed by atoms with Gasteiger partial charge in [-0.3, -0.25) is 10.2 Å². The normalized spacial score (nSPS) is 10.6. The standard InChI is InChI=1S/C16H11ClN2O3/c17-13-6-5-9(7-12(13)15(20)19-18)11-8-10-3-1-2-4-14(10)22-16(11)21/h1-8H,18H2,(H,19,20). The Morgan fingerprint density at radius 2 is 1.91 bits per heavy atom. The highest BCUT2D eigenvalue weighted by atomic mass is 35.5. The van der Waals surface area contributed by atoms with Gasteiger partial charge in [0.2, 0.25) is 0 Å². The van der Waals surface area contributed by atoms with Gasteiger partial charge in [-0.15, -0.1) is 0 Å². The van der Waals surface area contributed by atoms with E-state index < -0.39 is 11.5 Å². The minimum atomic E-state index is -0.531. The van der Waals surface area contributed by atoms with Gasteiger partial charge in [-0.1, -0.05) is 35.9 Å². The summed E-state index contributed by atoms with van der Waals surface area (Å²) in [6.45, 7) is 0. The van der Waals surface area contributed by atoms with E-state index in [4.69, 9.17) is 21.9 Å². The third-order valence-corrected chi connectivity index (χ3v) is 3.62.